The lowest BCUT2D eigenvalue weighted by Crippen LogP contribution is -2.45. The molecule has 0 saturated carbocycles. The van der Waals surface area contributed by atoms with E-state index >= 15 is 0 Å². The number of hydrazone groups is 1. The number of piperazine rings is 1. The highest BCUT2D eigenvalue weighted by atomic mass is 16.5. The lowest BCUT2D eigenvalue weighted by atomic mass is 10.1. The Morgan fingerprint density at radius 2 is 1.72 bits per heavy atom. The summed E-state index contributed by atoms with van der Waals surface area (Å²) >= 11 is 0. The number of rotatable bonds is 6. The molecule has 0 bridgehead atoms. The molecular weight excluding hydrogens is 406 g/mol. The van der Waals surface area contributed by atoms with Crippen molar-refractivity contribution < 1.29 is 14.3 Å². The predicted molar refractivity (Wildman–Crippen MR) is 126 cm³/mol. The molecule has 1 N–H and O–H groups in total. The van der Waals surface area contributed by atoms with Gasteiger partial charge in [0.25, 0.3) is 0 Å². The zero-order valence-corrected chi connectivity index (χ0v) is 18.5. The minimum absolute atomic E-state index is 0.191. The standard InChI is InChI=1S/C24H29N5O3/c1-3-32-24(31)20-17-22(29(26-20)18-9-5-4-6-10-18)23(30)25-19-11-7-8-12-21(19)28-15-13-27(2)14-16-28/h4-12,22H,3,13-17H2,1-2H3,(H,25,30). The molecule has 1 atom stereocenters. The number of nitrogens with one attached hydrogen (secondary N) is 1. The molecule has 0 aliphatic carbocycles. The Bertz CT molecular complexity index is 986. The first kappa shape index (κ1) is 21.8. The van der Waals surface area contributed by atoms with Crippen LogP contribution in [0.2, 0.25) is 0 Å². The summed E-state index contributed by atoms with van der Waals surface area (Å²) in [4.78, 5) is 30.3. The maximum atomic E-state index is 13.4. The highest BCUT2D eigenvalue weighted by Crippen LogP contribution is 2.29. The topological polar surface area (TPSA) is 77.5 Å². The molecule has 32 heavy (non-hydrogen) atoms. The molecule has 1 amide bonds. The molecule has 4 rings (SSSR count). The number of hydrogen-bond acceptors (Lipinski definition) is 7. The number of para-hydroxylation sites is 3. The molecule has 2 aliphatic heterocycles. The van der Waals surface area contributed by atoms with Crippen molar-refractivity contribution in [1.29, 1.82) is 0 Å². The van der Waals surface area contributed by atoms with E-state index in [0.717, 1.165) is 43.2 Å². The van der Waals surface area contributed by atoms with E-state index in [9.17, 15) is 9.59 Å². The first-order chi connectivity index (χ1) is 15.6. The summed E-state index contributed by atoms with van der Waals surface area (Å²) < 4.78 is 5.12. The van der Waals surface area contributed by atoms with Crippen LogP contribution in [0.25, 0.3) is 0 Å². The first-order valence-corrected chi connectivity index (χ1v) is 11.0. The maximum absolute atomic E-state index is 13.4. The average Bonchev–Trinajstić information content (AvgIpc) is 3.27. The molecule has 2 aromatic carbocycles. The van der Waals surface area contributed by atoms with Crippen molar-refractivity contribution in [2.75, 3.05) is 55.1 Å². The van der Waals surface area contributed by atoms with E-state index in [-0.39, 0.29) is 24.6 Å². The van der Waals surface area contributed by atoms with Crippen LogP contribution in [0.4, 0.5) is 17.1 Å². The lowest BCUT2D eigenvalue weighted by Gasteiger charge is -2.35. The van der Waals surface area contributed by atoms with E-state index in [0.29, 0.717) is 0 Å². The molecule has 1 saturated heterocycles. The van der Waals surface area contributed by atoms with Crippen LogP contribution in [0.1, 0.15) is 13.3 Å². The summed E-state index contributed by atoms with van der Waals surface area (Å²) in [6, 6.07) is 16.6. The Kier molecular flexibility index (Phi) is 6.70. The third kappa shape index (κ3) is 4.75. The number of ether oxygens (including phenoxy) is 1. The molecule has 0 aromatic heterocycles. The molecule has 1 unspecified atom stereocenters. The van der Waals surface area contributed by atoms with Gasteiger partial charge in [0, 0.05) is 32.6 Å². The summed E-state index contributed by atoms with van der Waals surface area (Å²) in [5, 5.41) is 9.14. The normalized spacial score (nSPS) is 18.9. The van der Waals surface area contributed by atoms with Gasteiger partial charge in [-0.1, -0.05) is 30.3 Å². The fraction of sp³-hybridized carbons (Fsp3) is 0.375. The van der Waals surface area contributed by atoms with Gasteiger partial charge in [-0.05, 0) is 38.2 Å². The van der Waals surface area contributed by atoms with Crippen LogP contribution in [0, 0.1) is 0 Å². The van der Waals surface area contributed by atoms with Crippen molar-refractivity contribution in [3.05, 3.63) is 54.6 Å². The number of nitrogens with zero attached hydrogens (tertiary/aromatic N) is 4. The van der Waals surface area contributed by atoms with E-state index in [1.807, 2.05) is 54.6 Å². The smallest absolute Gasteiger partial charge is 0.354 e. The van der Waals surface area contributed by atoms with Crippen molar-refractivity contribution in [3.8, 4) is 0 Å². The minimum Gasteiger partial charge on any atom is -0.461 e. The summed E-state index contributed by atoms with van der Waals surface area (Å²) in [5.41, 5.74) is 2.77. The molecule has 2 aromatic rings. The summed E-state index contributed by atoms with van der Waals surface area (Å²) in [6.07, 6.45) is 0.191. The largest absolute Gasteiger partial charge is 0.461 e. The molecule has 168 valence electrons. The van der Waals surface area contributed by atoms with Crippen LogP contribution in [0.3, 0.4) is 0 Å². The second-order valence-corrected chi connectivity index (χ2v) is 7.96. The molecule has 2 heterocycles. The summed E-state index contributed by atoms with van der Waals surface area (Å²) in [6.45, 7) is 5.77. The quantitative estimate of drug-likeness (QED) is 0.703. The van der Waals surface area contributed by atoms with Crippen molar-refractivity contribution in [2.24, 2.45) is 5.10 Å². The Labute approximate surface area is 188 Å². The first-order valence-electron chi connectivity index (χ1n) is 11.0. The number of hydrogen-bond donors (Lipinski definition) is 1. The predicted octanol–water partition coefficient (Wildman–Crippen LogP) is 2.57. The number of likely N-dealkylation sites (N-methyl/N-ethyl adjacent to an activating group) is 1. The Hall–Kier alpha value is -3.39. The summed E-state index contributed by atoms with van der Waals surface area (Å²) in [5.74, 6) is -0.694. The number of esters is 1. The molecular formula is C24H29N5O3. The van der Waals surface area contributed by atoms with Crippen LogP contribution >= 0.6 is 0 Å². The third-order valence-electron chi connectivity index (χ3n) is 5.75. The third-order valence-corrected chi connectivity index (χ3v) is 5.75. The molecule has 2 aliphatic rings. The second-order valence-electron chi connectivity index (χ2n) is 7.96. The Morgan fingerprint density at radius 3 is 2.44 bits per heavy atom. The average molecular weight is 436 g/mol. The van der Waals surface area contributed by atoms with Gasteiger partial charge >= 0.3 is 5.97 Å². The van der Waals surface area contributed by atoms with Crippen LogP contribution < -0.4 is 15.2 Å². The Balaban J connectivity index is 1.55. The van der Waals surface area contributed by atoms with Crippen LogP contribution in [0.5, 0.6) is 0 Å². The zero-order valence-electron chi connectivity index (χ0n) is 18.5. The fourth-order valence-corrected chi connectivity index (χ4v) is 3.99. The monoisotopic (exact) mass is 435 g/mol. The number of amides is 1. The van der Waals surface area contributed by atoms with Gasteiger partial charge in [0.05, 0.1) is 23.7 Å². The van der Waals surface area contributed by atoms with Gasteiger partial charge in [-0.3, -0.25) is 9.80 Å². The van der Waals surface area contributed by atoms with Gasteiger partial charge in [-0.2, -0.15) is 5.10 Å². The van der Waals surface area contributed by atoms with Gasteiger partial charge < -0.3 is 19.9 Å². The summed E-state index contributed by atoms with van der Waals surface area (Å²) in [7, 11) is 2.12. The molecule has 1 fully saturated rings. The SMILES string of the molecule is CCOC(=O)C1=NN(c2ccccc2)C(C(=O)Nc2ccccc2N2CCN(C)CC2)C1. The van der Waals surface area contributed by atoms with E-state index in [2.05, 4.69) is 27.3 Å². The van der Waals surface area contributed by atoms with Crippen molar-refractivity contribution in [3.63, 3.8) is 0 Å². The van der Waals surface area contributed by atoms with Crippen LogP contribution in [0.15, 0.2) is 59.7 Å². The molecule has 0 radical (unpaired) electrons. The lowest BCUT2D eigenvalue weighted by molar-refractivity contribution is -0.135. The highest BCUT2D eigenvalue weighted by Gasteiger charge is 2.37. The van der Waals surface area contributed by atoms with Crippen molar-refractivity contribution in [2.45, 2.75) is 19.4 Å². The second kappa shape index (κ2) is 9.82. The highest BCUT2D eigenvalue weighted by molar-refractivity contribution is 6.38. The van der Waals surface area contributed by atoms with E-state index in [4.69, 9.17) is 4.74 Å². The van der Waals surface area contributed by atoms with Gasteiger partial charge in [0.1, 0.15) is 11.8 Å². The van der Waals surface area contributed by atoms with Crippen molar-refractivity contribution in [1.82, 2.24) is 4.90 Å². The minimum atomic E-state index is -0.641. The van der Waals surface area contributed by atoms with Crippen molar-refractivity contribution >= 4 is 34.7 Å². The molecule has 0 spiro atoms. The molecule has 8 heteroatoms. The fourth-order valence-electron chi connectivity index (χ4n) is 3.99. The van der Waals surface area contributed by atoms with Gasteiger partial charge in [-0.25, -0.2) is 4.79 Å². The van der Waals surface area contributed by atoms with E-state index in [1.165, 1.54) is 0 Å². The number of anilines is 3. The number of benzene rings is 2. The van der Waals surface area contributed by atoms with E-state index in [1.54, 1.807) is 11.9 Å². The molecule has 8 nitrogen and oxygen atoms in total. The van der Waals surface area contributed by atoms with E-state index < -0.39 is 12.0 Å². The van der Waals surface area contributed by atoms with Crippen LogP contribution in [-0.2, 0) is 14.3 Å². The van der Waals surface area contributed by atoms with Crippen LogP contribution in [-0.4, -0.2) is 68.4 Å². The number of carbonyl (C=O) groups excluding carboxylic acids is 2. The maximum Gasteiger partial charge on any atom is 0.354 e. The Morgan fingerprint density at radius 1 is 1.03 bits per heavy atom. The van der Waals surface area contributed by atoms with Gasteiger partial charge in [0.15, 0.2) is 0 Å². The van der Waals surface area contributed by atoms with Gasteiger partial charge in [-0.15, -0.1) is 0 Å². The zero-order chi connectivity index (χ0) is 22.5. The van der Waals surface area contributed by atoms with Gasteiger partial charge in [0.2, 0.25) is 5.91 Å². The number of carbonyl (C=O) groups is 2.